The number of carbonyl (C=O) groups excluding carboxylic acids is 2. The fourth-order valence-electron chi connectivity index (χ4n) is 2.97. The first-order valence-electron chi connectivity index (χ1n) is 8.23. The van der Waals surface area contributed by atoms with Crippen LogP contribution in [0.4, 0.5) is 18.9 Å². The van der Waals surface area contributed by atoms with Crippen molar-refractivity contribution in [2.45, 2.75) is 6.18 Å². The maximum absolute atomic E-state index is 13.1. The summed E-state index contributed by atoms with van der Waals surface area (Å²) in [5, 5.41) is 0. The molecular weight excluding hydrogens is 361 g/mol. The fourth-order valence-corrected chi connectivity index (χ4v) is 2.97. The minimum atomic E-state index is -4.58. The number of anilines is 1. The molecule has 2 heterocycles. The Morgan fingerprint density at radius 1 is 1.00 bits per heavy atom. The second-order valence-electron chi connectivity index (χ2n) is 6.09. The van der Waals surface area contributed by atoms with Gasteiger partial charge in [-0.15, -0.1) is 0 Å². The first kappa shape index (κ1) is 18.7. The topological polar surface area (TPSA) is 79.5 Å². The second kappa shape index (κ2) is 7.26. The number of benzene rings is 1. The average molecular weight is 378 g/mol. The smallest absolute Gasteiger partial charge is 0.367 e. The third-order valence-electron chi connectivity index (χ3n) is 4.40. The number of nitrogens with zero attached hydrogens (tertiary/aromatic N) is 3. The van der Waals surface area contributed by atoms with Crippen LogP contribution in [0.25, 0.3) is 0 Å². The van der Waals surface area contributed by atoms with Gasteiger partial charge in [-0.1, -0.05) is 12.1 Å². The van der Waals surface area contributed by atoms with Crippen molar-refractivity contribution in [3.63, 3.8) is 0 Å². The molecule has 0 aliphatic carbocycles. The molecule has 1 saturated heterocycles. The van der Waals surface area contributed by atoms with Gasteiger partial charge in [-0.3, -0.25) is 9.59 Å². The number of hydrogen-bond donors (Lipinski definition) is 1. The van der Waals surface area contributed by atoms with Crippen molar-refractivity contribution in [1.82, 2.24) is 9.88 Å². The molecule has 1 aliphatic rings. The quantitative estimate of drug-likeness (QED) is 0.888. The van der Waals surface area contributed by atoms with Crippen molar-refractivity contribution in [2.75, 3.05) is 31.1 Å². The molecule has 0 spiro atoms. The Kier molecular flexibility index (Phi) is 5.02. The van der Waals surface area contributed by atoms with Gasteiger partial charge in [0.1, 0.15) is 5.69 Å². The Labute approximate surface area is 153 Å². The highest BCUT2D eigenvalue weighted by molar-refractivity contribution is 5.96. The monoisotopic (exact) mass is 378 g/mol. The number of piperazine rings is 1. The van der Waals surface area contributed by atoms with Gasteiger partial charge in [0.2, 0.25) is 0 Å². The molecule has 1 aliphatic heterocycles. The van der Waals surface area contributed by atoms with Crippen molar-refractivity contribution in [3.8, 4) is 0 Å². The molecule has 0 atom stereocenters. The van der Waals surface area contributed by atoms with Crippen LogP contribution in [0.5, 0.6) is 0 Å². The van der Waals surface area contributed by atoms with Gasteiger partial charge < -0.3 is 15.5 Å². The van der Waals surface area contributed by atoms with Crippen LogP contribution in [0, 0.1) is 0 Å². The van der Waals surface area contributed by atoms with Crippen LogP contribution < -0.4 is 10.6 Å². The Hall–Kier alpha value is -3.10. The van der Waals surface area contributed by atoms with E-state index in [0.717, 1.165) is 11.8 Å². The molecule has 6 nitrogen and oxygen atoms in total. The highest BCUT2D eigenvalue weighted by Gasteiger charge is 2.36. The summed E-state index contributed by atoms with van der Waals surface area (Å²) in [6.07, 6.45) is -3.07. The summed E-state index contributed by atoms with van der Waals surface area (Å²) in [7, 11) is 0. The number of rotatable bonds is 3. The molecule has 142 valence electrons. The SMILES string of the molecule is NC(=O)c1ccc(N2CCN(C(=O)c3ccccc3C(F)(F)F)CC2)cn1. The molecule has 2 aromatic rings. The van der Waals surface area contributed by atoms with Gasteiger partial charge in [0, 0.05) is 26.2 Å². The van der Waals surface area contributed by atoms with Crippen LogP contribution in [-0.4, -0.2) is 47.9 Å². The van der Waals surface area contributed by atoms with E-state index in [4.69, 9.17) is 5.73 Å². The van der Waals surface area contributed by atoms with E-state index in [1.807, 2.05) is 4.90 Å². The zero-order valence-corrected chi connectivity index (χ0v) is 14.2. The number of halogens is 3. The second-order valence-corrected chi connectivity index (χ2v) is 6.09. The molecule has 0 bridgehead atoms. The molecule has 9 heteroatoms. The van der Waals surface area contributed by atoms with Gasteiger partial charge in [0.05, 0.1) is 23.0 Å². The predicted octanol–water partition coefficient (Wildman–Crippen LogP) is 2.16. The van der Waals surface area contributed by atoms with Crippen LogP contribution in [0.1, 0.15) is 26.4 Å². The summed E-state index contributed by atoms with van der Waals surface area (Å²) >= 11 is 0. The van der Waals surface area contributed by atoms with Gasteiger partial charge in [-0.2, -0.15) is 13.2 Å². The maximum atomic E-state index is 13.1. The minimum absolute atomic E-state index is 0.149. The molecule has 0 saturated carbocycles. The highest BCUT2D eigenvalue weighted by atomic mass is 19.4. The average Bonchev–Trinajstić information content (AvgIpc) is 2.67. The van der Waals surface area contributed by atoms with Crippen LogP contribution in [0.15, 0.2) is 42.6 Å². The lowest BCUT2D eigenvalue weighted by Gasteiger charge is -2.36. The molecule has 1 aromatic carbocycles. The van der Waals surface area contributed by atoms with E-state index in [1.165, 1.54) is 35.4 Å². The molecule has 3 rings (SSSR count). The van der Waals surface area contributed by atoms with Crippen molar-refractivity contribution < 1.29 is 22.8 Å². The molecular formula is C18H17F3N4O2. The normalized spacial score (nSPS) is 14.9. The number of primary amides is 1. The Balaban J connectivity index is 1.69. The number of nitrogens with two attached hydrogens (primary N) is 1. The summed E-state index contributed by atoms with van der Waals surface area (Å²) in [6, 6.07) is 8.00. The number of aromatic nitrogens is 1. The van der Waals surface area contributed by atoms with E-state index in [2.05, 4.69) is 4.98 Å². The minimum Gasteiger partial charge on any atom is -0.367 e. The van der Waals surface area contributed by atoms with Gasteiger partial charge in [0.25, 0.3) is 11.8 Å². The lowest BCUT2D eigenvalue weighted by Crippen LogP contribution is -2.49. The van der Waals surface area contributed by atoms with Gasteiger partial charge in [-0.25, -0.2) is 4.98 Å². The van der Waals surface area contributed by atoms with Crippen LogP contribution in [0.2, 0.25) is 0 Å². The largest absolute Gasteiger partial charge is 0.417 e. The lowest BCUT2D eigenvalue weighted by molar-refractivity contribution is -0.138. The van der Waals surface area contributed by atoms with Gasteiger partial charge in [-0.05, 0) is 24.3 Å². The molecule has 27 heavy (non-hydrogen) atoms. The number of alkyl halides is 3. The van der Waals surface area contributed by atoms with E-state index in [1.54, 1.807) is 6.07 Å². The summed E-state index contributed by atoms with van der Waals surface area (Å²) in [4.78, 5) is 31.0. The Morgan fingerprint density at radius 2 is 1.67 bits per heavy atom. The number of hydrogen-bond acceptors (Lipinski definition) is 4. The van der Waals surface area contributed by atoms with Crippen molar-refractivity contribution in [1.29, 1.82) is 0 Å². The summed E-state index contributed by atoms with van der Waals surface area (Å²) in [6.45, 7) is 1.44. The maximum Gasteiger partial charge on any atom is 0.417 e. The number of carbonyl (C=O) groups is 2. The van der Waals surface area contributed by atoms with E-state index in [-0.39, 0.29) is 24.3 Å². The van der Waals surface area contributed by atoms with Gasteiger partial charge in [0.15, 0.2) is 0 Å². The first-order chi connectivity index (χ1) is 12.8. The van der Waals surface area contributed by atoms with Crippen LogP contribution in [-0.2, 0) is 6.18 Å². The fraction of sp³-hybridized carbons (Fsp3) is 0.278. The summed E-state index contributed by atoms with van der Waals surface area (Å²) in [5.41, 5.74) is 4.79. The van der Waals surface area contributed by atoms with Gasteiger partial charge >= 0.3 is 6.18 Å². The first-order valence-corrected chi connectivity index (χ1v) is 8.23. The van der Waals surface area contributed by atoms with E-state index >= 15 is 0 Å². The molecule has 1 aromatic heterocycles. The highest BCUT2D eigenvalue weighted by Crippen LogP contribution is 2.32. The lowest BCUT2D eigenvalue weighted by atomic mass is 10.1. The predicted molar refractivity (Wildman–Crippen MR) is 92.3 cm³/mol. The molecule has 0 unspecified atom stereocenters. The van der Waals surface area contributed by atoms with Crippen LogP contribution in [0.3, 0.4) is 0 Å². The van der Waals surface area contributed by atoms with Crippen LogP contribution >= 0.6 is 0 Å². The van der Waals surface area contributed by atoms with Crippen molar-refractivity contribution in [2.24, 2.45) is 5.73 Å². The summed E-state index contributed by atoms with van der Waals surface area (Å²) in [5.74, 6) is -1.26. The van der Waals surface area contributed by atoms with E-state index < -0.39 is 23.6 Å². The van der Waals surface area contributed by atoms with E-state index in [0.29, 0.717) is 13.1 Å². The molecule has 1 fully saturated rings. The summed E-state index contributed by atoms with van der Waals surface area (Å²) < 4.78 is 39.4. The number of amides is 2. The Morgan fingerprint density at radius 3 is 2.22 bits per heavy atom. The third kappa shape index (κ3) is 4.02. The zero-order valence-electron chi connectivity index (χ0n) is 14.2. The van der Waals surface area contributed by atoms with E-state index in [9.17, 15) is 22.8 Å². The molecule has 2 N–H and O–H groups in total. The zero-order chi connectivity index (χ0) is 19.6. The third-order valence-corrected chi connectivity index (χ3v) is 4.40. The standard InChI is InChI=1S/C18H17F3N4O2/c19-18(20,21)14-4-2-1-3-13(14)17(27)25-9-7-24(8-10-25)12-5-6-15(16(22)26)23-11-12/h1-6,11H,7-10H2,(H2,22,26). The number of pyridine rings is 1. The Bertz CT molecular complexity index is 844. The molecule has 0 radical (unpaired) electrons. The van der Waals surface area contributed by atoms with Crippen molar-refractivity contribution in [3.05, 3.63) is 59.4 Å². The molecule has 2 amide bonds. The van der Waals surface area contributed by atoms with Crippen molar-refractivity contribution >= 4 is 17.5 Å².